The molecule has 0 aliphatic rings. The third-order valence-corrected chi connectivity index (χ3v) is 2.92. The standard InChI is InChI=1S/C14H16ClN3O2/c15-10-3-5-12(6-4-10)20-9-13-17-11(2-1-7-16)8-14(19)18-13/h3-6,8H,1-2,7,9,16H2,(H,17,18,19). The Bertz CT molecular complexity index is 611. The molecule has 20 heavy (non-hydrogen) atoms. The summed E-state index contributed by atoms with van der Waals surface area (Å²) in [6.45, 7) is 0.776. The summed E-state index contributed by atoms with van der Waals surface area (Å²) in [6, 6.07) is 8.49. The van der Waals surface area contributed by atoms with Gasteiger partial charge in [-0.15, -0.1) is 0 Å². The summed E-state index contributed by atoms with van der Waals surface area (Å²) >= 11 is 5.79. The topological polar surface area (TPSA) is 81.0 Å². The van der Waals surface area contributed by atoms with Gasteiger partial charge in [0.2, 0.25) is 0 Å². The van der Waals surface area contributed by atoms with Crippen molar-refractivity contribution in [1.82, 2.24) is 9.97 Å². The first kappa shape index (κ1) is 14.6. The van der Waals surface area contributed by atoms with Crippen LogP contribution in [0.2, 0.25) is 5.02 Å². The van der Waals surface area contributed by atoms with Crippen molar-refractivity contribution >= 4 is 11.6 Å². The molecule has 0 bridgehead atoms. The number of nitrogens with zero attached hydrogens (tertiary/aromatic N) is 1. The lowest BCUT2D eigenvalue weighted by molar-refractivity contribution is 0.295. The summed E-state index contributed by atoms with van der Waals surface area (Å²) in [6.07, 6.45) is 1.49. The Labute approximate surface area is 121 Å². The van der Waals surface area contributed by atoms with E-state index in [0.717, 1.165) is 12.1 Å². The molecule has 0 fully saturated rings. The molecule has 1 heterocycles. The molecule has 0 unspecified atom stereocenters. The van der Waals surface area contributed by atoms with Crippen molar-refractivity contribution in [2.24, 2.45) is 5.73 Å². The molecule has 0 amide bonds. The first-order valence-electron chi connectivity index (χ1n) is 6.35. The predicted molar refractivity (Wildman–Crippen MR) is 78.0 cm³/mol. The van der Waals surface area contributed by atoms with Crippen molar-refractivity contribution in [1.29, 1.82) is 0 Å². The summed E-state index contributed by atoms with van der Waals surface area (Å²) in [4.78, 5) is 18.5. The van der Waals surface area contributed by atoms with E-state index in [1.54, 1.807) is 24.3 Å². The van der Waals surface area contributed by atoms with E-state index < -0.39 is 0 Å². The average Bonchev–Trinajstić information content (AvgIpc) is 2.44. The zero-order valence-electron chi connectivity index (χ0n) is 10.9. The van der Waals surface area contributed by atoms with Gasteiger partial charge >= 0.3 is 0 Å². The SMILES string of the molecule is NCCCc1cc(=O)[nH]c(COc2ccc(Cl)cc2)n1. The molecule has 3 N–H and O–H groups in total. The first-order valence-corrected chi connectivity index (χ1v) is 6.73. The van der Waals surface area contributed by atoms with E-state index in [0.29, 0.717) is 29.6 Å². The monoisotopic (exact) mass is 293 g/mol. The molecular formula is C14H16ClN3O2. The normalized spacial score (nSPS) is 10.5. The van der Waals surface area contributed by atoms with E-state index >= 15 is 0 Å². The molecule has 0 aliphatic heterocycles. The molecule has 0 saturated carbocycles. The number of nitrogens with one attached hydrogen (secondary N) is 1. The maximum atomic E-state index is 11.5. The fourth-order valence-corrected chi connectivity index (χ4v) is 1.85. The van der Waals surface area contributed by atoms with Gasteiger partial charge in [0.1, 0.15) is 18.2 Å². The lowest BCUT2D eigenvalue weighted by Gasteiger charge is -2.07. The highest BCUT2D eigenvalue weighted by molar-refractivity contribution is 6.30. The first-order chi connectivity index (χ1) is 9.67. The van der Waals surface area contributed by atoms with Gasteiger partial charge in [-0.1, -0.05) is 11.6 Å². The molecule has 0 radical (unpaired) electrons. The van der Waals surface area contributed by atoms with E-state index in [2.05, 4.69) is 9.97 Å². The number of hydrogen-bond donors (Lipinski definition) is 2. The number of benzene rings is 1. The van der Waals surface area contributed by atoms with E-state index in [1.165, 1.54) is 6.07 Å². The zero-order valence-corrected chi connectivity index (χ0v) is 11.7. The average molecular weight is 294 g/mol. The zero-order chi connectivity index (χ0) is 14.4. The second-order valence-electron chi connectivity index (χ2n) is 4.32. The van der Waals surface area contributed by atoms with Crippen LogP contribution in [0.3, 0.4) is 0 Å². The van der Waals surface area contributed by atoms with Crippen LogP contribution < -0.4 is 16.0 Å². The molecule has 0 atom stereocenters. The summed E-state index contributed by atoms with van der Waals surface area (Å²) in [5, 5.41) is 0.646. The minimum absolute atomic E-state index is 0.179. The van der Waals surface area contributed by atoms with Gasteiger partial charge in [0.05, 0.1) is 0 Å². The Kier molecular flexibility index (Phi) is 5.15. The van der Waals surface area contributed by atoms with Gasteiger partial charge in [-0.2, -0.15) is 0 Å². The van der Waals surface area contributed by atoms with E-state index in [9.17, 15) is 4.79 Å². The molecule has 6 heteroatoms. The molecule has 2 rings (SSSR count). The Morgan fingerprint density at radius 3 is 2.75 bits per heavy atom. The van der Waals surface area contributed by atoms with Crippen LogP contribution in [-0.4, -0.2) is 16.5 Å². The molecular weight excluding hydrogens is 278 g/mol. The summed E-state index contributed by atoms with van der Waals surface area (Å²) in [5.41, 5.74) is 6.00. The Balaban J connectivity index is 2.03. The van der Waals surface area contributed by atoms with Gasteiger partial charge in [-0.25, -0.2) is 4.98 Å². The van der Waals surface area contributed by atoms with Crippen molar-refractivity contribution in [3.05, 3.63) is 57.2 Å². The molecule has 106 valence electrons. The van der Waals surface area contributed by atoms with Crippen LogP contribution in [0.1, 0.15) is 17.9 Å². The number of ether oxygens (including phenoxy) is 1. The number of aromatic nitrogens is 2. The summed E-state index contributed by atoms with van der Waals surface area (Å²) < 4.78 is 5.55. The van der Waals surface area contributed by atoms with Gasteiger partial charge in [-0.3, -0.25) is 4.79 Å². The van der Waals surface area contributed by atoms with Crippen LogP contribution in [0.5, 0.6) is 5.75 Å². The number of aryl methyl sites for hydroxylation is 1. The third-order valence-electron chi connectivity index (χ3n) is 2.67. The number of hydrogen-bond acceptors (Lipinski definition) is 4. The van der Waals surface area contributed by atoms with Crippen LogP contribution in [0.15, 0.2) is 35.1 Å². The van der Waals surface area contributed by atoms with Crippen LogP contribution in [0.25, 0.3) is 0 Å². The second kappa shape index (κ2) is 7.07. The maximum absolute atomic E-state index is 11.5. The van der Waals surface area contributed by atoms with Crippen molar-refractivity contribution in [2.45, 2.75) is 19.4 Å². The lowest BCUT2D eigenvalue weighted by Crippen LogP contribution is -2.15. The van der Waals surface area contributed by atoms with Crippen molar-refractivity contribution in [3.8, 4) is 5.75 Å². The highest BCUT2D eigenvalue weighted by Gasteiger charge is 2.03. The lowest BCUT2D eigenvalue weighted by atomic mass is 10.2. The van der Waals surface area contributed by atoms with E-state index in [1.807, 2.05) is 0 Å². The number of halogens is 1. The van der Waals surface area contributed by atoms with Crippen LogP contribution in [-0.2, 0) is 13.0 Å². The van der Waals surface area contributed by atoms with Crippen LogP contribution in [0, 0.1) is 0 Å². The number of H-pyrrole nitrogens is 1. The minimum Gasteiger partial charge on any atom is -0.486 e. The molecule has 0 aliphatic carbocycles. The van der Waals surface area contributed by atoms with Gasteiger partial charge in [0.25, 0.3) is 5.56 Å². The largest absolute Gasteiger partial charge is 0.486 e. The van der Waals surface area contributed by atoms with Gasteiger partial charge in [0, 0.05) is 16.8 Å². The Hall–Kier alpha value is -1.85. The fraction of sp³-hybridized carbons (Fsp3) is 0.286. The molecule has 1 aromatic heterocycles. The Morgan fingerprint density at radius 1 is 1.30 bits per heavy atom. The predicted octanol–water partition coefficient (Wildman–Crippen LogP) is 1.89. The molecule has 5 nitrogen and oxygen atoms in total. The van der Waals surface area contributed by atoms with E-state index in [-0.39, 0.29) is 12.2 Å². The van der Waals surface area contributed by atoms with Crippen LogP contribution >= 0.6 is 11.6 Å². The minimum atomic E-state index is -0.179. The fourth-order valence-electron chi connectivity index (χ4n) is 1.73. The van der Waals surface area contributed by atoms with Gasteiger partial charge in [-0.05, 0) is 43.7 Å². The quantitative estimate of drug-likeness (QED) is 0.852. The van der Waals surface area contributed by atoms with Crippen molar-refractivity contribution in [2.75, 3.05) is 6.54 Å². The Morgan fingerprint density at radius 2 is 2.05 bits per heavy atom. The van der Waals surface area contributed by atoms with E-state index in [4.69, 9.17) is 22.1 Å². The van der Waals surface area contributed by atoms with Crippen molar-refractivity contribution < 1.29 is 4.74 Å². The highest BCUT2D eigenvalue weighted by Crippen LogP contribution is 2.16. The third kappa shape index (κ3) is 4.36. The van der Waals surface area contributed by atoms with Gasteiger partial charge in [0.15, 0.2) is 0 Å². The molecule has 2 aromatic rings. The van der Waals surface area contributed by atoms with Crippen molar-refractivity contribution in [3.63, 3.8) is 0 Å². The summed E-state index contributed by atoms with van der Waals surface area (Å²) in [7, 11) is 0. The van der Waals surface area contributed by atoms with Gasteiger partial charge < -0.3 is 15.5 Å². The number of aromatic amines is 1. The number of nitrogens with two attached hydrogens (primary N) is 1. The number of rotatable bonds is 6. The van der Waals surface area contributed by atoms with Crippen LogP contribution in [0.4, 0.5) is 0 Å². The molecule has 0 saturated heterocycles. The highest BCUT2D eigenvalue weighted by atomic mass is 35.5. The smallest absolute Gasteiger partial charge is 0.251 e. The molecule has 1 aromatic carbocycles. The maximum Gasteiger partial charge on any atom is 0.251 e. The second-order valence-corrected chi connectivity index (χ2v) is 4.75. The summed E-state index contributed by atoms with van der Waals surface area (Å²) in [5.74, 6) is 1.17. The molecule has 0 spiro atoms.